The van der Waals surface area contributed by atoms with Gasteiger partial charge in [0.15, 0.2) is 11.5 Å². The van der Waals surface area contributed by atoms with Crippen molar-refractivity contribution >= 4 is 0 Å². The second-order valence-electron chi connectivity index (χ2n) is 8.08. The smallest absolute Gasteiger partial charge is 0.169 e. The molecule has 0 unspecified atom stereocenters. The highest BCUT2D eigenvalue weighted by Gasteiger charge is 2.09. The molecule has 0 radical (unpaired) electrons. The summed E-state index contributed by atoms with van der Waals surface area (Å²) in [6, 6.07) is 24.5. The molecule has 0 saturated carbocycles. The van der Waals surface area contributed by atoms with Crippen LogP contribution in [-0.2, 0) is 25.7 Å². The van der Waals surface area contributed by atoms with Gasteiger partial charge in [0.1, 0.15) is 23.0 Å². The number of aryl methyl sites for hydroxylation is 4. The summed E-state index contributed by atoms with van der Waals surface area (Å²) < 4.78 is 5.85. The second kappa shape index (κ2) is 10.0. The summed E-state index contributed by atoms with van der Waals surface area (Å²) >= 11 is 0. The molecule has 4 N–H and O–H groups in total. The standard InChI is InChI=1S/C28H26O5/c29-23-5-1-3-19(13-23)7-8-21-11-12-28(27(32)17-21)33-26-16-22(15-25(31)18-26)10-9-20-4-2-6-24(30)14-20/h1-6,11-18,29-32H,7-10H2. The number of phenolic OH excluding ortho intramolecular Hbond substituents is 4. The van der Waals surface area contributed by atoms with E-state index in [0.717, 1.165) is 28.7 Å². The Morgan fingerprint density at radius 1 is 0.485 bits per heavy atom. The van der Waals surface area contributed by atoms with E-state index >= 15 is 0 Å². The largest absolute Gasteiger partial charge is 0.508 e. The van der Waals surface area contributed by atoms with Crippen molar-refractivity contribution in [2.24, 2.45) is 0 Å². The minimum atomic E-state index is 0.0214. The lowest BCUT2D eigenvalue weighted by atomic mass is 10.0. The summed E-state index contributed by atoms with van der Waals surface area (Å²) in [5.74, 6) is 1.32. The van der Waals surface area contributed by atoms with E-state index in [0.29, 0.717) is 30.8 Å². The fourth-order valence-electron chi connectivity index (χ4n) is 3.78. The van der Waals surface area contributed by atoms with Gasteiger partial charge >= 0.3 is 0 Å². The summed E-state index contributed by atoms with van der Waals surface area (Å²) in [6.07, 6.45) is 2.82. The van der Waals surface area contributed by atoms with Crippen LogP contribution in [0.25, 0.3) is 0 Å². The quantitative estimate of drug-likeness (QED) is 0.274. The Bertz CT molecular complexity index is 1250. The molecule has 0 aliphatic heterocycles. The molecule has 0 amide bonds. The van der Waals surface area contributed by atoms with E-state index < -0.39 is 0 Å². The average Bonchev–Trinajstić information content (AvgIpc) is 2.78. The number of hydrogen-bond acceptors (Lipinski definition) is 5. The monoisotopic (exact) mass is 442 g/mol. The highest BCUT2D eigenvalue weighted by molar-refractivity contribution is 5.47. The first kappa shape index (κ1) is 22.1. The summed E-state index contributed by atoms with van der Waals surface area (Å²) in [5, 5.41) is 39.8. The zero-order chi connectivity index (χ0) is 23.2. The normalized spacial score (nSPS) is 10.8. The van der Waals surface area contributed by atoms with Crippen molar-refractivity contribution in [3.05, 3.63) is 107 Å². The summed E-state index contributed by atoms with van der Waals surface area (Å²) in [7, 11) is 0. The van der Waals surface area contributed by atoms with E-state index in [1.54, 1.807) is 48.5 Å². The van der Waals surface area contributed by atoms with Crippen LogP contribution in [0.3, 0.4) is 0 Å². The van der Waals surface area contributed by atoms with Gasteiger partial charge in [-0.15, -0.1) is 0 Å². The van der Waals surface area contributed by atoms with Gasteiger partial charge in [0, 0.05) is 6.07 Å². The number of benzene rings is 4. The number of aromatic hydroxyl groups is 4. The molecule has 0 fully saturated rings. The molecule has 4 aromatic carbocycles. The van der Waals surface area contributed by atoms with E-state index in [2.05, 4.69) is 0 Å². The van der Waals surface area contributed by atoms with E-state index in [4.69, 9.17) is 4.74 Å². The van der Waals surface area contributed by atoms with Crippen LogP contribution in [0.2, 0.25) is 0 Å². The van der Waals surface area contributed by atoms with Crippen molar-refractivity contribution in [3.8, 4) is 34.5 Å². The molecule has 0 aliphatic rings. The maximum atomic E-state index is 10.5. The van der Waals surface area contributed by atoms with Crippen molar-refractivity contribution in [3.63, 3.8) is 0 Å². The van der Waals surface area contributed by atoms with Gasteiger partial charge in [-0.25, -0.2) is 0 Å². The predicted octanol–water partition coefficient (Wildman–Crippen LogP) is 5.87. The minimum Gasteiger partial charge on any atom is -0.508 e. The Morgan fingerprint density at radius 3 is 1.61 bits per heavy atom. The zero-order valence-corrected chi connectivity index (χ0v) is 18.1. The molecule has 0 aliphatic carbocycles. The first-order valence-corrected chi connectivity index (χ1v) is 10.8. The van der Waals surface area contributed by atoms with Crippen LogP contribution < -0.4 is 4.74 Å². The van der Waals surface area contributed by atoms with E-state index in [1.165, 1.54) is 6.07 Å². The maximum Gasteiger partial charge on any atom is 0.169 e. The van der Waals surface area contributed by atoms with Crippen LogP contribution in [0, 0.1) is 0 Å². The third-order valence-corrected chi connectivity index (χ3v) is 5.43. The summed E-state index contributed by atoms with van der Waals surface area (Å²) in [6.45, 7) is 0. The van der Waals surface area contributed by atoms with Gasteiger partial charge in [0.05, 0.1) is 0 Å². The molecule has 0 atom stereocenters. The van der Waals surface area contributed by atoms with Crippen molar-refractivity contribution in [2.75, 3.05) is 0 Å². The SMILES string of the molecule is Oc1cccc(CCc2cc(O)cc(Oc3ccc(CCc4cccc(O)c4)cc3O)c2)c1. The van der Waals surface area contributed by atoms with Gasteiger partial charge < -0.3 is 25.2 Å². The van der Waals surface area contributed by atoms with Gasteiger partial charge in [-0.05, 0) is 96.5 Å². The lowest BCUT2D eigenvalue weighted by molar-refractivity contribution is 0.406. The molecule has 5 nitrogen and oxygen atoms in total. The number of phenols is 4. The third-order valence-electron chi connectivity index (χ3n) is 5.43. The first-order valence-electron chi connectivity index (χ1n) is 10.8. The molecule has 4 rings (SSSR count). The molecular weight excluding hydrogens is 416 g/mol. The van der Waals surface area contributed by atoms with Crippen LogP contribution in [0.1, 0.15) is 22.3 Å². The van der Waals surface area contributed by atoms with Crippen molar-refractivity contribution in [1.82, 2.24) is 0 Å². The van der Waals surface area contributed by atoms with Crippen LogP contribution in [-0.4, -0.2) is 20.4 Å². The van der Waals surface area contributed by atoms with Crippen molar-refractivity contribution in [1.29, 1.82) is 0 Å². The Labute approximate surface area is 192 Å². The van der Waals surface area contributed by atoms with Gasteiger partial charge in [-0.1, -0.05) is 30.3 Å². The minimum absolute atomic E-state index is 0.0214. The van der Waals surface area contributed by atoms with Gasteiger partial charge in [0.2, 0.25) is 0 Å². The molecule has 0 aromatic heterocycles. The van der Waals surface area contributed by atoms with E-state index in [-0.39, 0.29) is 23.0 Å². The second-order valence-corrected chi connectivity index (χ2v) is 8.08. The number of hydrogen-bond donors (Lipinski definition) is 4. The Morgan fingerprint density at radius 2 is 1.03 bits per heavy atom. The van der Waals surface area contributed by atoms with Crippen LogP contribution in [0.4, 0.5) is 0 Å². The van der Waals surface area contributed by atoms with Gasteiger partial charge in [0.25, 0.3) is 0 Å². The average molecular weight is 443 g/mol. The van der Waals surface area contributed by atoms with E-state index in [9.17, 15) is 20.4 Å². The van der Waals surface area contributed by atoms with Gasteiger partial charge in [-0.3, -0.25) is 0 Å². The molecule has 5 heteroatoms. The lowest BCUT2D eigenvalue weighted by Crippen LogP contribution is -1.94. The van der Waals surface area contributed by atoms with Crippen LogP contribution >= 0.6 is 0 Å². The lowest BCUT2D eigenvalue weighted by Gasteiger charge is -2.12. The molecule has 168 valence electrons. The molecule has 0 saturated heterocycles. The molecule has 0 spiro atoms. The van der Waals surface area contributed by atoms with Gasteiger partial charge in [-0.2, -0.15) is 0 Å². The molecular formula is C28H26O5. The predicted molar refractivity (Wildman–Crippen MR) is 127 cm³/mol. The Hall–Kier alpha value is -4.12. The number of ether oxygens (including phenoxy) is 1. The molecule has 4 aromatic rings. The van der Waals surface area contributed by atoms with Crippen molar-refractivity contribution < 1.29 is 25.2 Å². The zero-order valence-electron chi connectivity index (χ0n) is 18.1. The highest BCUT2D eigenvalue weighted by atomic mass is 16.5. The van der Waals surface area contributed by atoms with Crippen molar-refractivity contribution in [2.45, 2.75) is 25.7 Å². The highest BCUT2D eigenvalue weighted by Crippen LogP contribution is 2.34. The molecule has 0 heterocycles. The Balaban J connectivity index is 1.41. The van der Waals surface area contributed by atoms with E-state index in [1.807, 2.05) is 30.3 Å². The summed E-state index contributed by atoms with van der Waals surface area (Å²) in [4.78, 5) is 0. The fraction of sp³-hybridized carbons (Fsp3) is 0.143. The maximum absolute atomic E-state index is 10.5. The first-order chi connectivity index (χ1) is 15.9. The topological polar surface area (TPSA) is 90.2 Å². The molecule has 0 bridgehead atoms. The van der Waals surface area contributed by atoms with Crippen LogP contribution in [0.5, 0.6) is 34.5 Å². The molecule has 33 heavy (non-hydrogen) atoms. The summed E-state index contributed by atoms with van der Waals surface area (Å²) in [5.41, 5.74) is 3.86. The third kappa shape index (κ3) is 6.20. The number of rotatable bonds is 8. The Kier molecular flexibility index (Phi) is 6.69. The fourth-order valence-corrected chi connectivity index (χ4v) is 3.78. The van der Waals surface area contributed by atoms with Crippen LogP contribution in [0.15, 0.2) is 84.9 Å².